The Labute approximate surface area is 153 Å². The topological polar surface area (TPSA) is 94.2 Å². The maximum absolute atomic E-state index is 12.6. The van der Waals surface area contributed by atoms with Crippen molar-refractivity contribution in [3.63, 3.8) is 0 Å². The first-order chi connectivity index (χ1) is 12.3. The third kappa shape index (κ3) is 3.85. The Bertz CT molecular complexity index is 891. The van der Waals surface area contributed by atoms with E-state index in [1.807, 2.05) is 32.0 Å². The summed E-state index contributed by atoms with van der Waals surface area (Å²) in [5.74, 6) is -1.10. The smallest absolute Gasteiger partial charge is 0.264 e. The van der Waals surface area contributed by atoms with E-state index in [2.05, 4.69) is 5.32 Å². The van der Waals surface area contributed by atoms with Crippen molar-refractivity contribution in [1.29, 1.82) is 0 Å². The highest BCUT2D eigenvalue weighted by Gasteiger charge is 2.17. The van der Waals surface area contributed by atoms with Gasteiger partial charge in [-0.3, -0.25) is 14.4 Å². The van der Waals surface area contributed by atoms with Gasteiger partial charge in [0, 0.05) is 11.4 Å². The molecule has 6 heteroatoms. The number of nitrogens with one attached hydrogen (secondary N) is 1. The molecule has 0 atom stereocenters. The monoisotopic (exact) mass is 355 g/mol. The number of aryl methyl sites for hydroxylation is 4. The molecule has 0 aliphatic rings. The number of pyridine rings is 1. The fraction of sp³-hybridized carbons (Fsp3) is 0.350. The second kappa shape index (κ2) is 7.99. The molecule has 6 nitrogen and oxygen atoms in total. The van der Waals surface area contributed by atoms with Gasteiger partial charge in [-0.15, -0.1) is 0 Å². The van der Waals surface area contributed by atoms with Crippen LogP contribution in [0.3, 0.4) is 0 Å². The van der Waals surface area contributed by atoms with Gasteiger partial charge in [0.25, 0.3) is 11.5 Å². The fourth-order valence-corrected chi connectivity index (χ4v) is 3.15. The number of hydrogen-bond donors (Lipinski definition) is 2. The number of primary amides is 1. The highest BCUT2D eigenvalue weighted by molar-refractivity contribution is 5.94. The molecular formula is C20H25N3O3. The number of anilines is 1. The molecule has 0 aliphatic carbocycles. The first-order valence-electron chi connectivity index (χ1n) is 8.71. The molecule has 0 spiro atoms. The molecule has 2 rings (SSSR count). The number of hydrogen-bond acceptors (Lipinski definition) is 3. The summed E-state index contributed by atoms with van der Waals surface area (Å²) in [6, 6.07) is 7.61. The highest BCUT2D eigenvalue weighted by atomic mass is 16.2. The van der Waals surface area contributed by atoms with E-state index >= 15 is 0 Å². The number of nitrogens with zero attached hydrogens (tertiary/aromatic N) is 1. The summed E-state index contributed by atoms with van der Waals surface area (Å²) in [6.45, 7) is 7.26. The molecule has 0 bridgehead atoms. The van der Waals surface area contributed by atoms with E-state index in [0.717, 1.165) is 29.7 Å². The van der Waals surface area contributed by atoms with Gasteiger partial charge in [-0.05, 0) is 49.4 Å². The van der Waals surface area contributed by atoms with E-state index < -0.39 is 11.5 Å². The maximum Gasteiger partial charge on any atom is 0.264 e. The summed E-state index contributed by atoms with van der Waals surface area (Å²) in [6.07, 6.45) is 1.58. The van der Waals surface area contributed by atoms with Crippen LogP contribution in [0.1, 0.15) is 46.6 Å². The third-order valence-corrected chi connectivity index (χ3v) is 4.52. The number of aromatic nitrogens is 1. The van der Waals surface area contributed by atoms with Gasteiger partial charge in [0.05, 0.1) is 0 Å². The summed E-state index contributed by atoms with van der Waals surface area (Å²) >= 11 is 0. The predicted molar refractivity (Wildman–Crippen MR) is 103 cm³/mol. The van der Waals surface area contributed by atoms with Crippen LogP contribution in [0.4, 0.5) is 5.69 Å². The predicted octanol–water partition coefficient (Wildman–Crippen LogP) is 2.33. The lowest BCUT2D eigenvalue weighted by molar-refractivity contribution is -0.116. The van der Waals surface area contributed by atoms with E-state index in [9.17, 15) is 14.4 Å². The van der Waals surface area contributed by atoms with Crippen molar-refractivity contribution in [2.45, 2.75) is 47.1 Å². The molecule has 1 aromatic heterocycles. The zero-order valence-corrected chi connectivity index (χ0v) is 15.7. The summed E-state index contributed by atoms with van der Waals surface area (Å²) in [4.78, 5) is 36.7. The van der Waals surface area contributed by atoms with Crippen LogP contribution in [0.15, 0.2) is 29.1 Å². The zero-order valence-electron chi connectivity index (χ0n) is 15.7. The summed E-state index contributed by atoms with van der Waals surface area (Å²) in [7, 11) is 0. The van der Waals surface area contributed by atoms with Crippen LogP contribution in [0.2, 0.25) is 0 Å². The van der Waals surface area contributed by atoms with Gasteiger partial charge in [-0.2, -0.15) is 0 Å². The molecule has 26 heavy (non-hydrogen) atoms. The minimum Gasteiger partial charge on any atom is -0.365 e. The Kier molecular flexibility index (Phi) is 5.97. The standard InChI is InChI=1S/C20H25N3O3/c1-5-14-8-7-9-15(6-2)18(14)22-16(24)11-23-13(4)10-12(3)17(19(21)25)20(23)26/h7-10H,5-6,11H2,1-4H3,(H2,21,25)(H,22,24). The zero-order chi connectivity index (χ0) is 19.4. The molecule has 0 unspecified atom stereocenters. The molecule has 138 valence electrons. The van der Waals surface area contributed by atoms with E-state index in [0.29, 0.717) is 11.3 Å². The Hall–Kier alpha value is -2.89. The molecule has 2 aromatic rings. The van der Waals surface area contributed by atoms with Crippen LogP contribution < -0.4 is 16.6 Å². The van der Waals surface area contributed by atoms with Gasteiger partial charge < -0.3 is 15.6 Å². The van der Waals surface area contributed by atoms with E-state index in [1.165, 1.54) is 4.57 Å². The van der Waals surface area contributed by atoms with Crippen molar-refractivity contribution < 1.29 is 9.59 Å². The van der Waals surface area contributed by atoms with Crippen molar-refractivity contribution in [3.8, 4) is 0 Å². The largest absolute Gasteiger partial charge is 0.365 e. The van der Waals surface area contributed by atoms with Gasteiger partial charge in [0.15, 0.2) is 0 Å². The molecule has 3 N–H and O–H groups in total. The minimum absolute atomic E-state index is 0.0772. The molecule has 1 aromatic carbocycles. The lowest BCUT2D eigenvalue weighted by atomic mass is 10.0. The summed E-state index contributed by atoms with van der Waals surface area (Å²) < 4.78 is 1.28. The Morgan fingerprint density at radius 1 is 1.12 bits per heavy atom. The number of nitrogens with two attached hydrogens (primary N) is 1. The van der Waals surface area contributed by atoms with E-state index in [1.54, 1.807) is 19.9 Å². The van der Waals surface area contributed by atoms with Crippen LogP contribution in [-0.2, 0) is 24.2 Å². The number of amides is 2. The molecular weight excluding hydrogens is 330 g/mol. The number of carbonyl (C=O) groups excluding carboxylic acids is 2. The van der Waals surface area contributed by atoms with E-state index in [4.69, 9.17) is 5.73 Å². The SMILES string of the molecule is CCc1cccc(CC)c1NC(=O)Cn1c(C)cc(C)c(C(N)=O)c1=O. The summed E-state index contributed by atoms with van der Waals surface area (Å²) in [5.41, 5.74) is 8.71. The van der Waals surface area contributed by atoms with Crippen molar-refractivity contribution in [2.75, 3.05) is 5.32 Å². The Morgan fingerprint density at radius 3 is 2.19 bits per heavy atom. The molecule has 1 heterocycles. The van der Waals surface area contributed by atoms with Crippen LogP contribution >= 0.6 is 0 Å². The van der Waals surface area contributed by atoms with Gasteiger partial charge in [-0.25, -0.2) is 0 Å². The molecule has 0 fully saturated rings. The second-order valence-corrected chi connectivity index (χ2v) is 6.31. The Morgan fingerprint density at radius 2 is 1.69 bits per heavy atom. The molecule has 0 saturated heterocycles. The summed E-state index contributed by atoms with van der Waals surface area (Å²) in [5, 5.41) is 2.93. The van der Waals surface area contributed by atoms with Crippen LogP contribution in [-0.4, -0.2) is 16.4 Å². The lowest BCUT2D eigenvalue weighted by Crippen LogP contribution is -2.35. The van der Waals surface area contributed by atoms with Crippen molar-refractivity contribution in [1.82, 2.24) is 4.57 Å². The first-order valence-corrected chi connectivity index (χ1v) is 8.71. The van der Waals surface area contributed by atoms with Gasteiger partial charge in [-0.1, -0.05) is 32.0 Å². The second-order valence-electron chi connectivity index (χ2n) is 6.31. The highest BCUT2D eigenvalue weighted by Crippen LogP contribution is 2.22. The number of carbonyl (C=O) groups is 2. The maximum atomic E-state index is 12.6. The molecule has 0 aliphatic heterocycles. The van der Waals surface area contributed by atoms with Crippen LogP contribution in [0.25, 0.3) is 0 Å². The normalized spacial score (nSPS) is 10.6. The van der Waals surface area contributed by atoms with E-state index in [-0.39, 0.29) is 18.0 Å². The average Bonchev–Trinajstić information content (AvgIpc) is 2.58. The van der Waals surface area contributed by atoms with Crippen molar-refractivity contribution in [2.24, 2.45) is 5.73 Å². The number of rotatable bonds is 6. The quantitative estimate of drug-likeness (QED) is 0.832. The number of benzene rings is 1. The minimum atomic E-state index is -0.786. The number of para-hydroxylation sites is 1. The van der Waals surface area contributed by atoms with Gasteiger partial charge in [0.1, 0.15) is 12.1 Å². The molecule has 0 radical (unpaired) electrons. The molecule has 0 saturated carbocycles. The first kappa shape index (κ1) is 19.4. The van der Waals surface area contributed by atoms with Gasteiger partial charge >= 0.3 is 0 Å². The van der Waals surface area contributed by atoms with Crippen molar-refractivity contribution >= 4 is 17.5 Å². The average molecular weight is 355 g/mol. The van der Waals surface area contributed by atoms with Crippen LogP contribution in [0, 0.1) is 13.8 Å². The third-order valence-electron chi connectivity index (χ3n) is 4.52. The fourth-order valence-electron chi connectivity index (χ4n) is 3.15. The van der Waals surface area contributed by atoms with Crippen molar-refractivity contribution in [3.05, 3.63) is 62.6 Å². The Balaban J connectivity index is 2.37. The molecule has 2 amide bonds. The lowest BCUT2D eigenvalue weighted by Gasteiger charge is -2.16. The van der Waals surface area contributed by atoms with Crippen LogP contribution in [0.5, 0.6) is 0 Å². The van der Waals surface area contributed by atoms with Gasteiger partial charge in [0.2, 0.25) is 5.91 Å².